The molecule has 1 aromatic carbocycles. The van der Waals surface area contributed by atoms with Gasteiger partial charge in [0.1, 0.15) is 0 Å². The molecule has 0 saturated carbocycles. The van der Waals surface area contributed by atoms with Crippen LogP contribution in [-0.4, -0.2) is 10.1 Å². The van der Waals surface area contributed by atoms with E-state index in [9.17, 15) is 5.11 Å². The molecular weight excluding hydrogens is 232 g/mol. The van der Waals surface area contributed by atoms with Crippen LogP contribution < -0.4 is 5.73 Å². The lowest BCUT2D eigenvalue weighted by Crippen LogP contribution is -1.89. The molecule has 0 aliphatic heterocycles. The normalized spacial score (nSPS) is 11.1. The van der Waals surface area contributed by atoms with E-state index in [1.807, 2.05) is 12.1 Å². The Labute approximate surface area is 105 Å². The van der Waals surface area contributed by atoms with Gasteiger partial charge in [-0.2, -0.15) is 0 Å². The van der Waals surface area contributed by atoms with E-state index in [0.717, 1.165) is 16.1 Å². The van der Waals surface area contributed by atoms with Crippen LogP contribution >= 0.6 is 11.3 Å². The van der Waals surface area contributed by atoms with E-state index in [0.29, 0.717) is 11.0 Å². The highest BCUT2D eigenvalue weighted by atomic mass is 32.1. The van der Waals surface area contributed by atoms with Gasteiger partial charge in [-0.1, -0.05) is 49.4 Å². The maximum atomic E-state index is 9.25. The van der Waals surface area contributed by atoms with E-state index in [1.54, 1.807) is 0 Å². The number of anilines is 1. The summed E-state index contributed by atoms with van der Waals surface area (Å²) in [4.78, 5) is 5.08. The molecule has 0 spiro atoms. The highest BCUT2D eigenvalue weighted by Crippen LogP contribution is 2.30. The van der Waals surface area contributed by atoms with Crippen molar-refractivity contribution in [3.63, 3.8) is 0 Å². The molecule has 0 atom stereocenters. The van der Waals surface area contributed by atoms with Gasteiger partial charge in [0.05, 0.1) is 17.2 Å². The van der Waals surface area contributed by atoms with Crippen molar-refractivity contribution >= 4 is 16.5 Å². The number of nitrogens with zero attached hydrogens (tertiary/aromatic N) is 1. The Morgan fingerprint density at radius 3 is 2.47 bits per heavy atom. The second-order valence-electron chi connectivity index (χ2n) is 4.26. The number of aromatic nitrogens is 1. The van der Waals surface area contributed by atoms with Crippen LogP contribution in [0.25, 0.3) is 11.3 Å². The second kappa shape index (κ2) is 4.85. The predicted molar refractivity (Wildman–Crippen MR) is 72.0 cm³/mol. The van der Waals surface area contributed by atoms with Gasteiger partial charge in [0.15, 0.2) is 5.13 Å². The van der Waals surface area contributed by atoms with Crippen molar-refractivity contribution in [2.45, 2.75) is 26.4 Å². The molecule has 0 radical (unpaired) electrons. The summed E-state index contributed by atoms with van der Waals surface area (Å²) < 4.78 is 0. The molecular formula is C13H16N2OS. The van der Waals surface area contributed by atoms with Crippen LogP contribution in [0.4, 0.5) is 5.13 Å². The quantitative estimate of drug-likeness (QED) is 0.877. The van der Waals surface area contributed by atoms with Gasteiger partial charge in [0.25, 0.3) is 0 Å². The molecule has 0 bridgehead atoms. The summed E-state index contributed by atoms with van der Waals surface area (Å²) in [6, 6.07) is 8.25. The third-order valence-electron chi connectivity index (χ3n) is 2.71. The van der Waals surface area contributed by atoms with Crippen LogP contribution in [0.5, 0.6) is 0 Å². The molecule has 4 heteroatoms. The number of nitrogens with two attached hydrogens (primary N) is 1. The van der Waals surface area contributed by atoms with E-state index in [2.05, 4.69) is 31.0 Å². The van der Waals surface area contributed by atoms with Gasteiger partial charge in [0.2, 0.25) is 0 Å². The molecule has 2 aromatic rings. The Bertz CT molecular complexity index is 503. The minimum atomic E-state index is -0.0177. The average molecular weight is 248 g/mol. The molecule has 0 aliphatic rings. The molecule has 1 aromatic heterocycles. The monoisotopic (exact) mass is 248 g/mol. The number of thiazole rings is 1. The minimum Gasteiger partial charge on any atom is -0.391 e. The van der Waals surface area contributed by atoms with E-state index in [4.69, 9.17) is 5.73 Å². The average Bonchev–Trinajstić information content (AvgIpc) is 2.70. The standard InChI is InChI=1S/C13H16N2OS/c1-8(2)9-3-5-10(6-4-9)12-11(7-16)17-13(14)15-12/h3-6,8,16H,7H2,1-2H3,(H2,14,15). The van der Waals surface area contributed by atoms with Gasteiger partial charge in [-0.25, -0.2) is 4.98 Å². The first-order valence-electron chi connectivity index (χ1n) is 5.58. The highest BCUT2D eigenvalue weighted by molar-refractivity contribution is 7.15. The molecule has 0 fully saturated rings. The zero-order valence-corrected chi connectivity index (χ0v) is 10.8. The van der Waals surface area contributed by atoms with Gasteiger partial charge in [-0.3, -0.25) is 0 Å². The Kier molecular flexibility index (Phi) is 3.45. The van der Waals surface area contributed by atoms with Crippen LogP contribution in [-0.2, 0) is 6.61 Å². The summed E-state index contributed by atoms with van der Waals surface area (Å²) in [5, 5.41) is 9.75. The Morgan fingerprint density at radius 1 is 1.29 bits per heavy atom. The first-order chi connectivity index (χ1) is 8.11. The Morgan fingerprint density at radius 2 is 1.94 bits per heavy atom. The molecule has 90 valence electrons. The fraction of sp³-hybridized carbons (Fsp3) is 0.308. The first-order valence-corrected chi connectivity index (χ1v) is 6.40. The molecule has 0 saturated heterocycles. The van der Waals surface area contributed by atoms with E-state index in [-0.39, 0.29) is 6.61 Å². The van der Waals surface area contributed by atoms with Crippen molar-refractivity contribution in [1.29, 1.82) is 0 Å². The number of hydrogen-bond donors (Lipinski definition) is 2. The van der Waals surface area contributed by atoms with Gasteiger partial charge < -0.3 is 10.8 Å². The summed E-state index contributed by atoms with van der Waals surface area (Å²) >= 11 is 1.34. The second-order valence-corrected chi connectivity index (χ2v) is 5.37. The zero-order valence-electron chi connectivity index (χ0n) is 9.97. The van der Waals surface area contributed by atoms with Crippen molar-refractivity contribution in [2.24, 2.45) is 0 Å². The summed E-state index contributed by atoms with van der Waals surface area (Å²) in [6.45, 7) is 4.31. The van der Waals surface area contributed by atoms with E-state index >= 15 is 0 Å². The SMILES string of the molecule is CC(C)c1ccc(-c2nc(N)sc2CO)cc1. The molecule has 3 N–H and O–H groups in total. The smallest absolute Gasteiger partial charge is 0.180 e. The third-order valence-corrected chi connectivity index (χ3v) is 3.58. The van der Waals surface area contributed by atoms with Crippen molar-refractivity contribution in [3.8, 4) is 11.3 Å². The molecule has 0 aliphatic carbocycles. The first kappa shape index (κ1) is 12.1. The summed E-state index contributed by atoms with van der Waals surface area (Å²) in [5.74, 6) is 0.516. The fourth-order valence-corrected chi connectivity index (χ4v) is 2.44. The third kappa shape index (κ3) is 2.48. The molecule has 1 heterocycles. The highest BCUT2D eigenvalue weighted by Gasteiger charge is 2.11. The van der Waals surface area contributed by atoms with Gasteiger partial charge >= 0.3 is 0 Å². The Hall–Kier alpha value is -1.39. The van der Waals surface area contributed by atoms with Crippen LogP contribution in [0.3, 0.4) is 0 Å². The largest absolute Gasteiger partial charge is 0.391 e. The number of hydrogen-bond acceptors (Lipinski definition) is 4. The lowest BCUT2D eigenvalue weighted by molar-refractivity contribution is 0.286. The molecule has 0 unspecified atom stereocenters. The molecule has 0 amide bonds. The minimum absolute atomic E-state index is 0.0177. The van der Waals surface area contributed by atoms with E-state index < -0.39 is 0 Å². The van der Waals surface area contributed by atoms with Crippen LogP contribution in [0, 0.1) is 0 Å². The van der Waals surface area contributed by atoms with E-state index in [1.165, 1.54) is 16.9 Å². The van der Waals surface area contributed by atoms with Gasteiger partial charge in [-0.15, -0.1) is 0 Å². The van der Waals surface area contributed by atoms with Crippen LogP contribution in [0.2, 0.25) is 0 Å². The zero-order chi connectivity index (χ0) is 12.4. The molecule has 3 nitrogen and oxygen atoms in total. The Balaban J connectivity index is 2.39. The maximum absolute atomic E-state index is 9.25. The van der Waals surface area contributed by atoms with Crippen LogP contribution in [0.15, 0.2) is 24.3 Å². The van der Waals surface area contributed by atoms with Crippen molar-refractivity contribution in [3.05, 3.63) is 34.7 Å². The number of rotatable bonds is 3. The topological polar surface area (TPSA) is 59.1 Å². The summed E-state index contributed by atoms with van der Waals surface area (Å²) in [5.41, 5.74) is 8.76. The van der Waals surface area contributed by atoms with Gasteiger partial charge in [0, 0.05) is 5.56 Å². The summed E-state index contributed by atoms with van der Waals surface area (Å²) in [6.07, 6.45) is 0. The van der Waals surface area contributed by atoms with Crippen molar-refractivity contribution in [1.82, 2.24) is 4.98 Å². The number of aliphatic hydroxyl groups is 1. The summed E-state index contributed by atoms with van der Waals surface area (Å²) in [7, 11) is 0. The molecule has 17 heavy (non-hydrogen) atoms. The lowest BCUT2D eigenvalue weighted by Gasteiger charge is -2.06. The predicted octanol–water partition coefficient (Wildman–Crippen LogP) is 3.01. The van der Waals surface area contributed by atoms with Gasteiger partial charge in [-0.05, 0) is 11.5 Å². The fourth-order valence-electron chi connectivity index (χ4n) is 1.73. The van der Waals surface area contributed by atoms with Crippen molar-refractivity contribution in [2.75, 3.05) is 5.73 Å². The number of benzene rings is 1. The lowest BCUT2D eigenvalue weighted by atomic mass is 10.0. The molecule has 2 rings (SSSR count). The number of aliphatic hydroxyl groups excluding tert-OH is 1. The maximum Gasteiger partial charge on any atom is 0.180 e. The number of nitrogen functional groups attached to an aromatic ring is 1. The van der Waals surface area contributed by atoms with Crippen LogP contribution in [0.1, 0.15) is 30.2 Å². The van der Waals surface area contributed by atoms with Crippen molar-refractivity contribution < 1.29 is 5.11 Å².